The molecule has 0 spiro atoms. The maximum absolute atomic E-state index is 12.5. The van der Waals surface area contributed by atoms with E-state index in [1.54, 1.807) is 18.4 Å². The van der Waals surface area contributed by atoms with Gasteiger partial charge in [0, 0.05) is 11.9 Å². The van der Waals surface area contributed by atoms with E-state index in [1.807, 2.05) is 24.4 Å². The van der Waals surface area contributed by atoms with E-state index in [-0.39, 0.29) is 10.3 Å². The molecule has 0 saturated heterocycles. The summed E-state index contributed by atoms with van der Waals surface area (Å²) < 4.78 is 27.2. The Labute approximate surface area is 134 Å². The van der Waals surface area contributed by atoms with Crippen molar-refractivity contribution in [1.29, 1.82) is 0 Å². The molecule has 2 heterocycles. The van der Waals surface area contributed by atoms with E-state index < -0.39 is 10.0 Å². The summed E-state index contributed by atoms with van der Waals surface area (Å²) >= 11 is 11.8. The van der Waals surface area contributed by atoms with E-state index in [1.165, 1.54) is 10.4 Å². The number of rotatable bonds is 4. The molecule has 0 aliphatic heterocycles. The summed E-state index contributed by atoms with van der Waals surface area (Å²) in [5.74, 6) is 0. The summed E-state index contributed by atoms with van der Waals surface area (Å²) in [4.78, 5) is 1.01. The molecule has 0 aliphatic carbocycles. The van der Waals surface area contributed by atoms with E-state index in [0.717, 1.165) is 16.2 Å². The summed E-state index contributed by atoms with van der Waals surface area (Å²) in [5, 5.41) is 2.35. The lowest BCUT2D eigenvalue weighted by atomic mass is 10.3. The highest BCUT2D eigenvalue weighted by Gasteiger charge is 2.29. The van der Waals surface area contributed by atoms with Gasteiger partial charge in [-0.3, -0.25) is 0 Å². The molecule has 0 N–H and O–H groups in total. The number of thiophene rings is 2. The van der Waals surface area contributed by atoms with Crippen LogP contribution in [0.3, 0.4) is 0 Å². The zero-order chi connectivity index (χ0) is 14.2. The second-order valence-electron chi connectivity index (χ2n) is 3.90. The van der Waals surface area contributed by atoms with Crippen LogP contribution in [0.15, 0.2) is 31.6 Å². The van der Waals surface area contributed by atoms with Gasteiger partial charge >= 0.3 is 0 Å². The fourth-order valence-electron chi connectivity index (χ4n) is 1.51. The third-order valence-corrected chi connectivity index (χ3v) is 8.65. The molecule has 0 aliphatic rings. The fourth-order valence-corrected chi connectivity index (χ4v) is 6.33. The Morgan fingerprint density at radius 2 is 2.16 bits per heavy atom. The predicted octanol–water partition coefficient (Wildman–Crippen LogP) is 4.61. The highest BCUT2D eigenvalue weighted by molar-refractivity contribution is 9.11. The van der Waals surface area contributed by atoms with Crippen molar-refractivity contribution in [2.24, 2.45) is 0 Å². The normalized spacial score (nSPS) is 13.9. The van der Waals surface area contributed by atoms with Gasteiger partial charge in [0.25, 0.3) is 10.0 Å². The minimum Gasteiger partial charge on any atom is -0.206 e. The Hall–Kier alpha value is 0.0800. The molecule has 0 fully saturated rings. The minimum absolute atomic E-state index is 0.204. The molecule has 0 amide bonds. The monoisotopic (exact) mass is 399 g/mol. The van der Waals surface area contributed by atoms with Crippen molar-refractivity contribution in [2.45, 2.75) is 17.2 Å². The Balaban J connectivity index is 2.34. The molecule has 1 atom stereocenters. The van der Waals surface area contributed by atoms with E-state index in [4.69, 9.17) is 11.6 Å². The first kappa shape index (κ1) is 15.5. The number of sulfonamides is 1. The predicted molar refractivity (Wildman–Crippen MR) is 84.7 cm³/mol. The number of hydrogen-bond donors (Lipinski definition) is 0. The van der Waals surface area contributed by atoms with Crippen LogP contribution in [0, 0.1) is 0 Å². The first-order chi connectivity index (χ1) is 8.84. The van der Waals surface area contributed by atoms with Crippen LogP contribution >= 0.6 is 50.2 Å². The molecular formula is C11H11BrClNO2S3. The molecule has 3 nitrogen and oxygen atoms in total. The van der Waals surface area contributed by atoms with Gasteiger partial charge in [0.2, 0.25) is 0 Å². The van der Waals surface area contributed by atoms with E-state index in [2.05, 4.69) is 15.9 Å². The number of hydrogen-bond acceptors (Lipinski definition) is 4. The minimum atomic E-state index is -3.52. The lowest BCUT2D eigenvalue weighted by Crippen LogP contribution is -2.28. The quantitative estimate of drug-likeness (QED) is 0.751. The van der Waals surface area contributed by atoms with Gasteiger partial charge in [-0.15, -0.1) is 22.7 Å². The third-order valence-electron chi connectivity index (χ3n) is 2.76. The standard InChI is InChI=1S/C11H11BrClNO2S3/c1-7(9-4-3-5-17-9)14(2)19(15,16)10-6-8(13)11(12)18-10/h3-7H,1-2H3. The van der Waals surface area contributed by atoms with Gasteiger partial charge in [-0.1, -0.05) is 17.7 Å². The molecule has 0 saturated carbocycles. The zero-order valence-corrected chi connectivity index (χ0v) is 14.9. The first-order valence-electron chi connectivity index (χ1n) is 5.30. The molecular weight excluding hydrogens is 390 g/mol. The summed E-state index contributed by atoms with van der Waals surface area (Å²) in [6, 6.07) is 5.11. The van der Waals surface area contributed by atoms with Gasteiger partial charge < -0.3 is 0 Å². The lowest BCUT2D eigenvalue weighted by Gasteiger charge is -2.22. The Morgan fingerprint density at radius 3 is 2.63 bits per heavy atom. The van der Waals surface area contributed by atoms with Crippen LogP contribution in [0.1, 0.15) is 17.8 Å². The first-order valence-corrected chi connectivity index (χ1v) is 9.61. The van der Waals surface area contributed by atoms with Crippen LogP contribution in [0.2, 0.25) is 5.02 Å². The fraction of sp³-hybridized carbons (Fsp3) is 0.273. The van der Waals surface area contributed by atoms with Crippen molar-refractivity contribution in [3.05, 3.63) is 37.3 Å². The second-order valence-corrected chi connectivity index (χ2v) is 9.88. The van der Waals surface area contributed by atoms with Crippen LogP contribution < -0.4 is 0 Å². The molecule has 2 aromatic rings. The molecule has 0 bridgehead atoms. The van der Waals surface area contributed by atoms with Crippen LogP contribution in [0.5, 0.6) is 0 Å². The van der Waals surface area contributed by atoms with Gasteiger partial charge in [0.1, 0.15) is 4.21 Å². The van der Waals surface area contributed by atoms with Crippen molar-refractivity contribution >= 4 is 60.2 Å². The van der Waals surface area contributed by atoms with E-state index in [0.29, 0.717) is 8.81 Å². The molecule has 19 heavy (non-hydrogen) atoms. The Morgan fingerprint density at radius 1 is 1.47 bits per heavy atom. The van der Waals surface area contributed by atoms with Gasteiger partial charge in [-0.05, 0) is 40.4 Å². The summed E-state index contributed by atoms with van der Waals surface area (Å²) in [6.07, 6.45) is 0. The lowest BCUT2D eigenvalue weighted by molar-refractivity contribution is 0.404. The van der Waals surface area contributed by atoms with Crippen LogP contribution in [0.4, 0.5) is 0 Å². The molecule has 1 unspecified atom stereocenters. The van der Waals surface area contributed by atoms with Crippen LogP contribution in [-0.2, 0) is 10.0 Å². The maximum Gasteiger partial charge on any atom is 0.252 e. The highest BCUT2D eigenvalue weighted by atomic mass is 79.9. The van der Waals surface area contributed by atoms with Gasteiger partial charge in [0.15, 0.2) is 0 Å². The topological polar surface area (TPSA) is 37.4 Å². The van der Waals surface area contributed by atoms with Crippen LogP contribution in [0.25, 0.3) is 0 Å². The molecule has 8 heteroatoms. The smallest absolute Gasteiger partial charge is 0.206 e. The average Bonchev–Trinajstić information content (AvgIpc) is 2.98. The largest absolute Gasteiger partial charge is 0.252 e. The highest BCUT2D eigenvalue weighted by Crippen LogP contribution is 2.37. The molecule has 2 aromatic heterocycles. The Bertz CT molecular complexity index is 647. The summed E-state index contributed by atoms with van der Waals surface area (Å²) in [5.41, 5.74) is 0. The van der Waals surface area contributed by atoms with Crippen molar-refractivity contribution in [3.63, 3.8) is 0 Å². The second kappa shape index (κ2) is 5.83. The van der Waals surface area contributed by atoms with Gasteiger partial charge in [0.05, 0.1) is 14.9 Å². The average molecular weight is 401 g/mol. The van der Waals surface area contributed by atoms with Crippen molar-refractivity contribution < 1.29 is 8.42 Å². The summed E-state index contributed by atoms with van der Waals surface area (Å²) in [7, 11) is -1.94. The van der Waals surface area contributed by atoms with Crippen molar-refractivity contribution in [3.8, 4) is 0 Å². The Kier molecular flexibility index (Phi) is 4.75. The number of nitrogens with zero attached hydrogens (tertiary/aromatic N) is 1. The van der Waals surface area contributed by atoms with Crippen LogP contribution in [-0.4, -0.2) is 19.8 Å². The molecule has 0 aromatic carbocycles. The van der Waals surface area contributed by atoms with E-state index in [9.17, 15) is 8.42 Å². The zero-order valence-electron chi connectivity index (χ0n) is 10.1. The van der Waals surface area contributed by atoms with Crippen molar-refractivity contribution in [2.75, 3.05) is 7.05 Å². The van der Waals surface area contributed by atoms with Crippen molar-refractivity contribution in [1.82, 2.24) is 4.31 Å². The SMILES string of the molecule is CC(c1cccs1)N(C)S(=O)(=O)c1cc(Cl)c(Br)s1. The van der Waals surface area contributed by atoms with Gasteiger partial charge in [-0.25, -0.2) is 8.42 Å². The number of halogens is 2. The molecule has 104 valence electrons. The summed E-state index contributed by atoms with van der Waals surface area (Å²) in [6.45, 7) is 1.87. The van der Waals surface area contributed by atoms with E-state index >= 15 is 0 Å². The maximum atomic E-state index is 12.5. The van der Waals surface area contributed by atoms with Gasteiger partial charge in [-0.2, -0.15) is 4.31 Å². The molecule has 0 radical (unpaired) electrons. The third kappa shape index (κ3) is 3.06. The molecule has 2 rings (SSSR count).